The van der Waals surface area contributed by atoms with E-state index < -0.39 is 36.5 Å². The van der Waals surface area contributed by atoms with Gasteiger partial charge in [0.1, 0.15) is 11.6 Å². The van der Waals surface area contributed by atoms with Crippen molar-refractivity contribution in [2.75, 3.05) is 18.7 Å². The van der Waals surface area contributed by atoms with Crippen molar-refractivity contribution in [2.24, 2.45) is 5.92 Å². The van der Waals surface area contributed by atoms with Crippen LogP contribution < -0.4 is 21.1 Å². The molecule has 2 aromatic heterocycles. The molecule has 0 unspecified atom stereocenters. The number of hydrogen-bond acceptors (Lipinski definition) is 9. The van der Waals surface area contributed by atoms with Gasteiger partial charge in [-0.05, 0) is 17.9 Å². The molecule has 0 radical (unpaired) electrons. The van der Waals surface area contributed by atoms with Crippen LogP contribution in [0.4, 0.5) is 10.6 Å². The van der Waals surface area contributed by atoms with Crippen LogP contribution in [0.5, 0.6) is 6.01 Å². The minimum absolute atomic E-state index is 0.0245. The van der Waals surface area contributed by atoms with Crippen LogP contribution in [0.2, 0.25) is 0 Å². The Bertz CT molecular complexity index is 1320. The molecular weight excluding hydrogens is 496 g/mol. The first kappa shape index (κ1) is 28.2. The number of ether oxygens (including phenoxy) is 3. The number of carbonyl (C=O) groups excluding carboxylic acids is 3. The number of aromatic nitrogens is 4. The molecule has 2 heterocycles. The van der Waals surface area contributed by atoms with Gasteiger partial charge in [0.15, 0.2) is 11.5 Å². The van der Waals surface area contributed by atoms with E-state index in [1.54, 1.807) is 13.8 Å². The van der Waals surface area contributed by atoms with E-state index in [0.717, 1.165) is 18.4 Å². The van der Waals surface area contributed by atoms with Gasteiger partial charge in [0.25, 0.3) is 0 Å². The molecule has 0 saturated carbocycles. The summed E-state index contributed by atoms with van der Waals surface area (Å²) in [6.45, 7) is 6.64. The number of benzene rings is 1. The summed E-state index contributed by atoms with van der Waals surface area (Å²) >= 11 is 0. The zero-order chi connectivity index (χ0) is 27.7. The summed E-state index contributed by atoms with van der Waals surface area (Å²) < 4.78 is 17.0. The van der Waals surface area contributed by atoms with Gasteiger partial charge in [-0.2, -0.15) is 9.97 Å². The second-order valence-electron chi connectivity index (χ2n) is 8.82. The van der Waals surface area contributed by atoms with Gasteiger partial charge >= 0.3 is 23.8 Å². The number of imidazole rings is 1. The predicted molar refractivity (Wildman–Crippen MR) is 138 cm³/mol. The van der Waals surface area contributed by atoms with Gasteiger partial charge < -0.3 is 24.5 Å². The lowest BCUT2D eigenvalue weighted by Crippen LogP contribution is -2.44. The average molecular weight is 529 g/mol. The Morgan fingerprint density at radius 1 is 1.11 bits per heavy atom. The summed E-state index contributed by atoms with van der Waals surface area (Å²) in [6.07, 6.45) is 0.660. The number of nitrogens with one attached hydrogen (secondary N) is 3. The molecule has 3 rings (SSSR count). The van der Waals surface area contributed by atoms with E-state index in [9.17, 15) is 19.2 Å². The molecule has 0 spiro atoms. The third kappa shape index (κ3) is 7.54. The number of H-pyrrole nitrogens is 1. The van der Waals surface area contributed by atoms with Crippen LogP contribution in [-0.2, 0) is 25.6 Å². The maximum atomic E-state index is 12.8. The van der Waals surface area contributed by atoms with Crippen molar-refractivity contribution in [3.8, 4) is 6.01 Å². The Labute approximate surface area is 218 Å². The predicted octanol–water partition coefficient (Wildman–Crippen LogP) is 2.56. The molecule has 0 fully saturated rings. The summed E-state index contributed by atoms with van der Waals surface area (Å²) in [5, 5.41) is 4.93. The van der Waals surface area contributed by atoms with E-state index in [4.69, 9.17) is 14.2 Å². The van der Waals surface area contributed by atoms with Gasteiger partial charge in [0, 0.05) is 6.92 Å². The highest BCUT2D eigenvalue weighted by molar-refractivity contribution is 5.93. The van der Waals surface area contributed by atoms with Crippen molar-refractivity contribution in [2.45, 2.75) is 53.1 Å². The molecule has 0 saturated heterocycles. The van der Waals surface area contributed by atoms with Crippen molar-refractivity contribution in [1.29, 1.82) is 0 Å². The minimum Gasteiger partial charge on any atom is -0.463 e. The zero-order valence-electron chi connectivity index (χ0n) is 21.8. The molecule has 3 aromatic rings. The van der Waals surface area contributed by atoms with Crippen LogP contribution >= 0.6 is 0 Å². The molecule has 0 bridgehead atoms. The Morgan fingerprint density at radius 3 is 2.50 bits per heavy atom. The quantitative estimate of drug-likeness (QED) is 0.182. The molecule has 204 valence electrons. The molecule has 0 aliphatic rings. The van der Waals surface area contributed by atoms with Crippen LogP contribution in [0, 0.1) is 5.92 Å². The van der Waals surface area contributed by atoms with Gasteiger partial charge in [0.2, 0.25) is 12.7 Å². The van der Waals surface area contributed by atoms with Crippen molar-refractivity contribution < 1.29 is 28.6 Å². The van der Waals surface area contributed by atoms with Crippen LogP contribution in [0.3, 0.4) is 0 Å². The molecule has 1 atom stereocenters. The van der Waals surface area contributed by atoms with E-state index in [0.29, 0.717) is 6.61 Å². The summed E-state index contributed by atoms with van der Waals surface area (Å²) in [5.41, 5.74) is 0.828. The van der Waals surface area contributed by atoms with Gasteiger partial charge in [0.05, 0.1) is 13.2 Å². The van der Waals surface area contributed by atoms with E-state index in [2.05, 4.69) is 25.6 Å². The number of unbranched alkanes of at least 4 members (excludes halogenated alkanes) is 1. The maximum absolute atomic E-state index is 12.8. The van der Waals surface area contributed by atoms with Crippen molar-refractivity contribution in [1.82, 2.24) is 24.8 Å². The maximum Gasteiger partial charge on any atom is 0.415 e. The van der Waals surface area contributed by atoms with E-state index in [-0.39, 0.29) is 35.5 Å². The Balaban J connectivity index is 1.78. The molecule has 38 heavy (non-hydrogen) atoms. The van der Waals surface area contributed by atoms with Crippen LogP contribution in [0.1, 0.15) is 46.1 Å². The molecule has 3 N–H and O–H groups in total. The van der Waals surface area contributed by atoms with E-state index in [1.807, 2.05) is 37.3 Å². The lowest BCUT2D eigenvalue weighted by atomic mass is 10.1. The fourth-order valence-electron chi connectivity index (χ4n) is 3.47. The third-order valence-electron chi connectivity index (χ3n) is 5.41. The number of aromatic amines is 1. The highest BCUT2D eigenvalue weighted by atomic mass is 16.7. The number of fused-ring (bicyclic) bond motifs is 1. The number of anilines is 1. The highest BCUT2D eigenvalue weighted by Crippen LogP contribution is 2.21. The molecule has 0 aliphatic carbocycles. The molecule has 0 aliphatic heterocycles. The van der Waals surface area contributed by atoms with Gasteiger partial charge in [-0.25, -0.2) is 14.4 Å². The Morgan fingerprint density at radius 2 is 1.84 bits per heavy atom. The molecule has 13 nitrogen and oxygen atoms in total. The second kappa shape index (κ2) is 13.2. The summed E-state index contributed by atoms with van der Waals surface area (Å²) in [7, 11) is 0. The molecule has 1 aromatic carbocycles. The summed E-state index contributed by atoms with van der Waals surface area (Å²) in [6, 6.07) is 8.42. The first-order valence-corrected chi connectivity index (χ1v) is 12.2. The Hall–Kier alpha value is -4.42. The SMILES string of the molecule is CCCCOc1nc(NC(=O)OCOC(=O)[C@@H](NC(C)=O)C(C)C)c2[nH]c(=O)n(Cc3ccccc3)c2n1. The van der Waals surface area contributed by atoms with Gasteiger partial charge in [-0.3, -0.25) is 14.7 Å². The molecule has 13 heteroatoms. The third-order valence-corrected chi connectivity index (χ3v) is 5.41. The first-order valence-electron chi connectivity index (χ1n) is 12.2. The largest absolute Gasteiger partial charge is 0.463 e. The van der Waals surface area contributed by atoms with E-state index in [1.165, 1.54) is 11.5 Å². The zero-order valence-corrected chi connectivity index (χ0v) is 21.8. The van der Waals surface area contributed by atoms with Crippen LogP contribution in [-0.4, -0.2) is 56.9 Å². The number of esters is 1. The van der Waals surface area contributed by atoms with Crippen molar-refractivity contribution >= 4 is 35.0 Å². The number of nitrogens with zero attached hydrogens (tertiary/aromatic N) is 3. The van der Waals surface area contributed by atoms with Gasteiger partial charge in [-0.1, -0.05) is 57.5 Å². The van der Waals surface area contributed by atoms with Gasteiger partial charge in [-0.15, -0.1) is 0 Å². The monoisotopic (exact) mass is 528 g/mol. The number of hydrogen-bond donors (Lipinski definition) is 3. The normalized spacial score (nSPS) is 11.7. The second-order valence-corrected chi connectivity index (χ2v) is 8.82. The molecule has 2 amide bonds. The summed E-state index contributed by atoms with van der Waals surface area (Å²) in [5.74, 6) is -1.42. The first-order chi connectivity index (χ1) is 18.2. The molecular formula is C25H32N6O7. The fourth-order valence-corrected chi connectivity index (χ4v) is 3.47. The number of amides is 2. The van der Waals surface area contributed by atoms with Crippen molar-refractivity contribution in [3.63, 3.8) is 0 Å². The van der Waals surface area contributed by atoms with Crippen LogP contribution in [0.15, 0.2) is 35.1 Å². The van der Waals surface area contributed by atoms with Crippen molar-refractivity contribution in [3.05, 3.63) is 46.4 Å². The average Bonchev–Trinajstić information content (AvgIpc) is 3.18. The smallest absolute Gasteiger partial charge is 0.415 e. The minimum atomic E-state index is -0.991. The number of carbonyl (C=O) groups is 3. The fraction of sp³-hybridized carbons (Fsp3) is 0.440. The lowest BCUT2D eigenvalue weighted by Gasteiger charge is -2.19. The summed E-state index contributed by atoms with van der Waals surface area (Å²) in [4.78, 5) is 60.1. The Kier molecular flexibility index (Phi) is 9.79. The number of rotatable bonds is 12. The van der Waals surface area contributed by atoms with Crippen LogP contribution in [0.25, 0.3) is 11.2 Å². The standard InChI is InChI=1S/C25H32N6O7/c1-5-6-12-36-23-28-20(29-25(35)38-14-37-22(33)18(15(2)3)26-16(4)32)19-21(30-23)31(24(34)27-19)13-17-10-8-7-9-11-17/h7-11,15,18H,5-6,12-14H2,1-4H3,(H,26,32)(H,27,34)(H,28,29,30,35)/t18-/m0/s1. The highest BCUT2D eigenvalue weighted by Gasteiger charge is 2.25. The van der Waals surface area contributed by atoms with E-state index >= 15 is 0 Å². The lowest BCUT2D eigenvalue weighted by molar-refractivity contribution is -0.156. The topological polar surface area (TPSA) is 167 Å².